The van der Waals surface area contributed by atoms with Gasteiger partial charge in [0.05, 0.1) is 35.1 Å². The molecule has 1 atom stereocenters. The van der Waals surface area contributed by atoms with Gasteiger partial charge in [-0.25, -0.2) is 19.2 Å². The van der Waals surface area contributed by atoms with Gasteiger partial charge < -0.3 is 18.9 Å². The Morgan fingerprint density at radius 1 is 0.382 bits per heavy atom. The zero-order valence-corrected chi connectivity index (χ0v) is 35.5. The van der Waals surface area contributed by atoms with Crippen molar-refractivity contribution < 1.29 is 70.5 Å². The number of hydrogen-bond donors (Lipinski definition) is 0. The first-order chi connectivity index (χ1) is 31.7. The molecule has 2 aliphatic heterocycles. The van der Waals surface area contributed by atoms with E-state index in [1.165, 1.54) is 18.2 Å². The minimum Gasteiger partial charge on any atom is -0.457 e. The molecule has 0 saturated carbocycles. The molecule has 12 nitrogen and oxygen atoms in total. The van der Waals surface area contributed by atoms with Crippen molar-refractivity contribution in [2.75, 3.05) is 0 Å². The van der Waals surface area contributed by atoms with Crippen LogP contribution in [0.2, 0.25) is 0 Å². The average Bonchev–Trinajstić information content (AvgIpc) is 3.96. The number of ether oxygens (including phenoxy) is 4. The average molecular weight is 923 g/mol. The maximum absolute atomic E-state index is 14.2. The lowest BCUT2D eigenvalue weighted by Crippen LogP contribution is -2.41. The standard InChI is InChI=1S/C32H22O7.C20H11F3O5.CH4/c1-32(2,18-3-7-20(8-4-18)37-22-11-13-24-26(15-22)29(34)17-28(24)33)19-5-9-21(10-6-19)38-23-12-14-25-27(16-23)31(36)39-30(25)35;1-19(20(21,22)23,9-2-4-11-13(6-9)16(25)8-15(11)24)10-3-5-12-14(7-10)18(27)28-17(12)26;/h3-16H,17H2,1-2H3;2-7H,8H2,1H3;1H4. The molecule has 4 aliphatic rings. The smallest absolute Gasteiger partial charge is 0.402 e. The summed E-state index contributed by atoms with van der Waals surface area (Å²) in [7, 11) is 0. The van der Waals surface area contributed by atoms with E-state index in [0.717, 1.165) is 48.4 Å². The summed E-state index contributed by atoms with van der Waals surface area (Å²) in [6, 6.07) is 31.7. The second-order valence-corrected chi connectivity index (χ2v) is 16.8. The monoisotopic (exact) mass is 922 g/mol. The van der Waals surface area contributed by atoms with E-state index in [1.807, 2.05) is 48.5 Å². The van der Waals surface area contributed by atoms with Crippen LogP contribution in [0.25, 0.3) is 0 Å². The van der Waals surface area contributed by atoms with E-state index in [9.17, 15) is 51.5 Å². The molecule has 0 amide bonds. The van der Waals surface area contributed by atoms with Crippen molar-refractivity contribution in [3.8, 4) is 23.0 Å². The molecule has 0 radical (unpaired) electrons. The largest absolute Gasteiger partial charge is 0.457 e. The van der Waals surface area contributed by atoms with Crippen LogP contribution < -0.4 is 9.47 Å². The second kappa shape index (κ2) is 16.8. The predicted octanol–water partition coefficient (Wildman–Crippen LogP) is 10.9. The lowest BCUT2D eigenvalue weighted by Gasteiger charge is -2.33. The van der Waals surface area contributed by atoms with E-state index in [0.29, 0.717) is 34.1 Å². The Balaban J connectivity index is 0.000000191. The molecule has 6 aromatic carbocycles. The van der Waals surface area contributed by atoms with Gasteiger partial charge in [0.1, 0.15) is 28.4 Å². The predicted molar refractivity (Wildman–Crippen MR) is 236 cm³/mol. The van der Waals surface area contributed by atoms with E-state index >= 15 is 0 Å². The number of rotatable bonds is 8. The SMILES string of the molecule is C.CC(C)(c1ccc(Oc2ccc3c(c2)C(=O)CC3=O)cc1)c1ccc(Oc2ccc3c(c2)C(=O)OC3=O)cc1.CC(c1ccc2c(c1)C(=O)CC2=O)(c1ccc2c(c1)C(=O)OC2=O)C(F)(F)F. The third-order valence-corrected chi connectivity index (χ3v) is 12.5. The van der Waals surface area contributed by atoms with Crippen LogP contribution in [0.15, 0.2) is 121 Å². The summed E-state index contributed by atoms with van der Waals surface area (Å²) in [4.78, 5) is 94.4. The van der Waals surface area contributed by atoms with E-state index in [4.69, 9.17) is 9.47 Å². The van der Waals surface area contributed by atoms with Crippen molar-refractivity contribution in [2.45, 2.75) is 58.0 Å². The molecule has 2 heterocycles. The van der Waals surface area contributed by atoms with Crippen molar-refractivity contribution in [3.63, 3.8) is 0 Å². The van der Waals surface area contributed by atoms with Crippen molar-refractivity contribution in [2.24, 2.45) is 0 Å². The van der Waals surface area contributed by atoms with Gasteiger partial charge in [-0.2, -0.15) is 13.2 Å². The number of alkyl halides is 3. The zero-order chi connectivity index (χ0) is 47.7. The Morgan fingerprint density at radius 3 is 1.15 bits per heavy atom. The van der Waals surface area contributed by atoms with Crippen molar-refractivity contribution in [1.29, 1.82) is 0 Å². The molecule has 10 rings (SSSR count). The highest BCUT2D eigenvalue weighted by molar-refractivity contribution is 6.25. The van der Waals surface area contributed by atoms with E-state index in [1.54, 1.807) is 24.3 Å². The molecule has 15 heteroatoms. The molecule has 0 aromatic heterocycles. The minimum absolute atomic E-state index is 0. The van der Waals surface area contributed by atoms with Crippen LogP contribution >= 0.6 is 0 Å². The van der Waals surface area contributed by atoms with Gasteiger partial charge in [-0.1, -0.05) is 63.7 Å². The first kappa shape index (κ1) is 46.2. The van der Waals surface area contributed by atoms with Crippen LogP contribution in [-0.4, -0.2) is 53.2 Å². The fourth-order valence-electron chi connectivity index (χ4n) is 8.40. The first-order valence-corrected chi connectivity index (χ1v) is 20.6. The highest BCUT2D eigenvalue weighted by Crippen LogP contribution is 2.48. The summed E-state index contributed by atoms with van der Waals surface area (Å²) in [5, 5.41) is 0. The van der Waals surface area contributed by atoms with Gasteiger partial charge >= 0.3 is 30.1 Å². The number of halogens is 3. The molecule has 1 unspecified atom stereocenters. The Morgan fingerprint density at radius 2 is 0.691 bits per heavy atom. The van der Waals surface area contributed by atoms with E-state index in [2.05, 4.69) is 23.3 Å². The van der Waals surface area contributed by atoms with E-state index < -0.39 is 47.0 Å². The highest BCUT2D eigenvalue weighted by atomic mass is 19.4. The summed E-state index contributed by atoms with van der Waals surface area (Å²) >= 11 is 0. The van der Waals surface area contributed by atoms with Gasteiger partial charge in [0, 0.05) is 27.7 Å². The van der Waals surface area contributed by atoms with Gasteiger partial charge in [-0.15, -0.1) is 0 Å². The number of fused-ring (bicyclic) bond motifs is 4. The zero-order valence-electron chi connectivity index (χ0n) is 35.5. The van der Waals surface area contributed by atoms with Gasteiger partial charge in [0.15, 0.2) is 23.1 Å². The Hall–Kier alpha value is -8.33. The van der Waals surface area contributed by atoms with Gasteiger partial charge in [0.2, 0.25) is 0 Å². The molecule has 0 N–H and O–H groups in total. The van der Waals surface area contributed by atoms with Crippen molar-refractivity contribution in [1.82, 2.24) is 0 Å². The third-order valence-electron chi connectivity index (χ3n) is 12.5. The molecular weight excluding hydrogens is 886 g/mol. The lowest BCUT2D eigenvalue weighted by atomic mass is 9.74. The number of benzene rings is 6. The maximum atomic E-state index is 14.2. The third kappa shape index (κ3) is 7.95. The Kier molecular flexibility index (Phi) is 11.4. The molecule has 68 heavy (non-hydrogen) atoms. The molecule has 0 spiro atoms. The molecule has 2 aliphatic carbocycles. The molecule has 6 aromatic rings. The van der Waals surface area contributed by atoms with Crippen LogP contribution in [0.1, 0.15) is 146 Å². The normalized spacial score (nSPS) is 15.6. The summed E-state index contributed by atoms with van der Waals surface area (Å²) in [6.07, 6.45) is -5.25. The highest BCUT2D eigenvalue weighted by Gasteiger charge is 2.54. The van der Waals surface area contributed by atoms with Gasteiger partial charge in [0.25, 0.3) is 0 Å². The summed E-state index contributed by atoms with van der Waals surface area (Å²) in [5.74, 6) is -2.40. The number of Topliss-reactive ketones (excluding diaryl/α,β-unsaturated/α-hetero) is 4. The second-order valence-electron chi connectivity index (χ2n) is 16.8. The molecule has 342 valence electrons. The number of carbonyl (C=O) groups is 8. The molecular formula is C53H37F3O12. The van der Waals surface area contributed by atoms with Gasteiger partial charge in [-0.05, 0) is 108 Å². The lowest BCUT2D eigenvalue weighted by molar-refractivity contribution is -0.173. The quantitative estimate of drug-likeness (QED) is 0.105. The molecule has 0 bridgehead atoms. The summed E-state index contributed by atoms with van der Waals surface area (Å²) in [6.45, 7) is 5.15. The van der Waals surface area contributed by atoms with E-state index in [-0.39, 0.29) is 81.8 Å². The first-order valence-electron chi connectivity index (χ1n) is 20.6. The Labute approximate surface area is 385 Å². The van der Waals surface area contributed by atoms with Gasteiger partial charge in [-0.3, -0.25) is 19.2 Å². The van der Waals surface area contributed by atoms with Crippen LogP contribution in [0.3, 0.4) is 0 Å². The number of hydrogen-bond acceptors (Lipinski definition) is 12. The van der Waals surface area contributed by atoms with Crippen molar-refractivity contribution >= 4 is 47.0 Å². The number of carbonyl (C=O) groups excluding carboxylic acids is 8. The molecule has 0 fully saturated rings. The summed E-state index contributed by atoms with van der Waals surface area (Å²) < 4.78 is 63.5. The number of cyclic esters (lactones) is 4. The fraction of sp³-hybridized carbons (Fsp3) is 0.170. The maximum Gasteiger partial charge on any atom is 0.402 e. The number of esters is 4. The molecule has 0 saturated heterocycles. The van der Waals surface area contributed by atoms with Crippen LogP contribution in [-0.2, 0) is 20.3 Å². The fourth-order valence-corrected chi connectivity index (χ4v) is 8.40. The Bertz CT molecular complexity index is 3000. The van der Waals surface area contributed by atoms with Crippen LogP contribution in [0.5, 0.6) is 23.0 Å². The summed E-state index contributed by atoms with van der Waals surface area (Å²) in [5.41, 5.74) is -0.319. The topological polar surface area (TPSA) is 173 Å². The van der Waals surface area contributed by atoms with Crippen LogP contribution in [0, 0.1) is 0 Å². The van der Waals surface area contributed by atoms with Crippen LogP contribution in [0.4, 0.5) is 13.2 Å². The van der Waals surface area contributed by atoms with Crippen molar-refractivity contribution in [3.05, 3.63) is 188 Å². The number of ketones is 4. The minimum atomic E-state index is -4.80.